The Balaban J connectivity index is 2.20. The van der Waals surface area contributed by atoms with Crippen molar-refractivity contribution >= 4 is 6.09 Å². The topological polar surface area (TPSA) is 84.8 Å². The van der Waals surface area contributed by atoms with E-state index in [0.717, 1.165) is 5.56 Å². The Morgan fingerprint density at radius 2 is 2.05 bits per heavy atom. The Bertz CT molecular complexity index is 525. The lowest BCUT2D eigenvalue weighted by atomic mass is 10.2. The van der Waals surface area contributed by atoms with Crippen LogP contribution in [0.2, 0.25) is 0 Å². The van der Waals surface area contributed by atoms with E-state index in [0.29, 0.717) is 24.7 Å². The van der Waals surface area contributed by atoms with Crippen LogP contribution in [0.1, 0.15) is 37.9 Å². The third-order valence-electron chi connectivity index (χ3n) is 2.78. The van der Waals surface area contributed by atoms with E-state index in [4.69, 9.17) is 14.6 Å². The second-order valence-electron chi connectivity index (χ2n) is 5.57. The van der Waals surface area contributed by atoms with Crippen LogP contribution in [-0.4, -0.2) is 38.8 Å². The van der Waals surface area contributed by atoms with Crippen LogP contribution in [0.5, 0.6) is 5.88 Å². The van der Waals surface area contributed by atoms with Gasteiger partial charge in [0.25, 0.3) is 0 Å². The van der Waals surface area contributed by atoms with E-state index in [1.165, 1.54) is 12.0 Å². The molecule has 20 heavy (non-hydrogen) atoms. The molecule has 0 atom stereocenters. The van der Waals surface area contributed by atoms with Crippen molar-refractivity contribution in [3.8, 4) is 5.88 Å². The molecule has 1 aromatic rings. The summed E-state index contributed by atoms with van der Waals surface area (Å²) in [7, 11) is 1.50. The number of methoxy groups -OCH3 is 1. The molecule has 0 aliphatic carbocycles. The Hall–Kier alpha value is -1.89. The predicted octanol–water partition coefficient (Wildman–Crippen LogP) is 1.23. The fraction of sp³-hybridized carbons (Fsp3) is 0.615. The van der Waals surface area contributed by atoms with Crippen molar-refractivity contribution in [1.82, 2.24) is 14.9 Å². The van der Waals surface area contributed by atoms with E-state index in [1.807, 2.05) is 20.8 Å². The third kappa shape index (κ3) is 2.98. The van der Waals surface area contributed by atoms with Crippen molar-refractivity contribution in [2.45, 2.75) is 46.1 Å². The molecule has 0 unspecified atom stereocenters. The van der Waals surface area contributed by atoms with Gasteiger partial charge in [-0.2, -0.15) is 4.98 Å². The maximum Gasteiger partial charge on any atom is 0.410 e. The number of nitrogens with zero attached hydrogens (tertiary/aromatic N) is 3. The third-order valence-corrected chi connectivity index (χ3v) is 2.78. The Morgan fingerprint density at radius 3 is 2.60 bits per heavy atom. The van der Waals surface area contributed by atoms with Gasteiger partial charge in [0.2, 0.25) is 5.88 Å². The van der Waals surface area contributed by atoms with E-state index in [1.54, 1.807) is 0 Å². The zero-order valence-corrected chi connectivity index (χ0v) is 12.1. The largest absolute Gasteiger partial charge is 0.481 e. The highest BCUT2D eigenvalue weighted by Gasteiger charge is 2.31. The summed E-state index contributed by atoms with van der Waals surface area (Å²) in [5.41, 5.74) is 0.903. The van der Waals surface area contributed by atoms with Crippen LogP contribution in [0.3, 0.4) is 0 Å². The maximum absolute atomic E-state index is 12.0. The molecule has 7 heteroatoms. The van der Waals surface area contributed by atoms with Crippen molar-refractivity contribution in [2.24, 2.45) is 0 Å². The highest BCUT2D eigenvalue weighted by Crippen LogP contribution is 2.29. The Morgan fingerprint density at radius 1 is 1.35 bits per heavy atom. The van der Waals surface area contributed by atoms with Crippen LogP contribution in [0.4, 0.5) is 4.79 Å². The van der Waals surface area contributed by atoms with Crippen LogP contribution in [-0.2, 0) is 24.4 Å². The van der Waals surface area contributed by atoms with Crippen molar-refractivity contribution in [3.63, 3.8) is 0 Å². The van der Waals surface area contributed by atoms with Crippen molar-refractivity contribution in [3.05, 3.63) is 17.1 Å². The van der Waals surface area contributed by atoms with E-state index in [2.05, 4.69) is 9.97 Å². The fourth-order valence-corrected chi connectivity index (χ4v) is 1.97. The molecule has 0 saturated carbocycles. The van der Waals surface area contributed by atoms with Crippen LogP contribution >= 0.6 is 0 Å². The van der Waals surface area contributed by atoms with Gasteiger partial charge in [0.15, 0.2) is 5.82 Å². The lowest BCUT2D eigenvalue weighted by Crippen LogP contribution is -2.33. The average Bonchev–Trinajstić information content (AvgIpc) is 2.79. The Labute approximate surface area is 117 Å². The van der Waals surface area contributed by atoms with Gasteiger partial charge in [0.1, 0.15) is 12.2 Å². The van der Waals surface area contributed by atoms with Gasteiger partial charge in [-0.05, 0) is 20.8 Å². The van der Waals surface area contributed by atoms with Gasteiger partial charge in [-0.1, -0.05) is 0 Å². The fourth-order valence-electron chi connectivity index (χ4n) is 1.97. The maximum atomic E-state index is 12.0. The molecule has 0 fully saturated rings. The minimum absolute atomic E-state index is 0.268. The Kier molecular flexibility index (Phi) is 3.80. The summed E-state index contributed by atoms with van der Waals surface area (Å²) in [4.78, 5) is 21.9. The summed E-state index contributed by atoms with van der Waals surface area (Å²) in [5.74, 6) is 0.678. The van der Waals surface area contributed by atoms with Gasteiger partial charge < -0.3 is 14.6 Å². The molecule has 0 aromatic carbocycles. The second-order valence-corrected chi connectivity index (χ2v) is 5.57. The van der Waals surface area contributed by atoms with E-state index < -0.39 is 11.7 Å². The predicted molar refractivity (Wildman–Crippen MR) is 70.0 cm³/mol. The minimum atomic E-state index is -0.544. The van der Waals surface area contributed by atoms with Crippen LogP contribution in [0, 0.1) is 0 Å². The molecule has 0 bridgehead atoms. The van der Waals surface area contributed by atoms with Gasteiger partial charge >= 0.3 is 6.09 Å². The highest BCUT2D eigenvalue weighted by molar-refractivity contribution is 5.69. The van der Waals surface area contributed by atoms with E-state index >= 15 is 0 Å². The minimum Gasteiger partial charge on any atom is -0.481 e. The molecule has 2 heterocycles. The highest BCUT2D eigenvalue weighted by atomic mass is 16.6. The monoisotopic (exact) mass is 281 g/mol. The number of hydrogen-bond acceptors (Lipinski definition) is 6. The van der Waals surface area contributed by atoms with Crippen molar-refractivity contribution < 1.29 is 19.4 Å². The van der Waals surface area contributed by atoms with Gasteiger partial charge in [-0.25, -0.2) is 9.78 Å². The molecule has 1 aromatic heterocycles. The first kappa shape index (κ1) is 14.5. The summed E-state index contributed by atoms with van der Waals surface area (Å²) < 4.78 is 10.5. The molecule has 0 radical (unpaired) electrons. The summed E-state index contributed by atoms with van der Waals surface area (Å²) in [6, 6.07) is 0. The number of carbonyl (C=O) groups excluding carboxylic acids is 1. The number of ether oxygens (including phenoxy) is 2. The van der Waals surface area contributed by atoms with Gasteiger partial charge in [0, 0.05) is 0 Å². The number of hydrogen-bond donors (Lipinski definition) is 1. The zero-order chi connectivity index (χ0) is 14.9. The number of aliphatic hydroxyl groups excluding tert-OH is 1. The van der Waals surface area contributed by atoms with E-state index in [9.17, 15) is 4.79 Å². The quantitative estimate of drug-likeness (QED) is 0.877. The molecule has 0 spiro atoms. The standard InChI is InChI=1S/C13H19N3O4/c1-13(2,3)20-12(18)16-5-8-9(6-16)14-10(7-17)15-11(8)19-4/h17H,5-7H2,1-4H3. The van der Waals surface area contributed by atoms with E-state index in [-0.39, 0.29) is 12.4 Å². The van der Waals surface area contributed by atoms with Crippen molar-refractivity contribution in [1.29, 1.82) is 0 Å². The molecular weight excluding hydrogens is 262 g/mol. The van der Waals surface area contributed by atoms with Gasteiger partial charge in [0.05, 0.1) is 31.5 Å². The van der Waals surface area contributed by atoms with Crippen LogP contribution < -0.4 is 4.74 Å². The molecule has 110 valence electrons. The second kappa shape index (κ2) is 5.24. The first-order chi connectivity index (χ1) is 9.34. The number of aliphatic hydroxyl groups is 1. The van der Waals surface area contributed by atoms with Gasteiger partial charge in [-0.3, -0.25) is 4.90 Å². The summed E-state index contributed by atoms with van der Waals surface area (Å²) in [5, 5.41) is 9.13. The number of carbonyl (C=O) groups is 1. The summed E-state index contributed by atoms with van der Waals surface area (Å²) in [6.45, 7) is 5.86. The van der Waals surface area contributed by atoms with Gasteiger partial charge in [-0.15, -0.1) is 0 Å². The number of amides is 1. The number of aromatic nitrogens is 2. The molecule has 0 saturated heterocycles. The van der Waals surface area contributed by atoms with Crippen LogP contribution in [0.15, 0.2) is 0 Å². The number of rotatable bonds is 2. The average molecular weight is 281 g/mol. The normalized spacial score (nSPS) is 14.2. The molecular formula is C13H19N3O4. The molecule has 7 nitrogen and oxygen atoms in total. The molecule has 1 amide bonds. The molecule has 2 rings (SSSR count). The first-order valence-electron chi connectivity index (χ1n) is 6.35. The smallest absolute Gasteiger partial charge is 0.410 e. The summed E-state index contributed by atoms with van der Waals surface area (Å²) >= 11 is 0. The molecule has 1 aliphatic rings. The zero-order valence-electron chi connectivity index (χ0n) is 12.1. The molecule has 1 N–H and O–H groups in total. The van der Waals surface area contributed by atoms with Crippen LogP contribution in [0.25, 0.3) is 0 Å². The number of fused-ring (bicyclic) bond motifs is 1. The SMILES string of the molecule is COc1nc(CO)nc2c1CN(C(=O)OC(C)(C)C)C2. The van der Waals surface area contributed by atoms with Crippen molar-refractivity contribution in [2.75, 3.05) is 7.11 Å². The first-order valence-corrected chi connectivity index (χ1v) is 6.35. The molecule has 1 aliphatic heterocycles. The lowest BCUT2D eigenvalue weighted by molar-refractivity contribution is 0.0240. The summed E-state index contributed by atoms with van der Waals surface area (Å²) in [6.07, 6.45) is -0.400. The lowest BCUT2D eigenvalue weighted by Gasteiger charge is -2.23.